The second-order valence-electron chi connectivity index (χ2n) is 6.01. The molecule has 0 saturated carbocycles. The van der Waals surface area contributed by atoms with E-state index in [1.165, 1.54) is 18.4 Å². The molecule has 0 atom stereocenters. The van der Waals surface area contributed by atoms with Crippen LogP contribution in [0.1, 0.15) is 46.1 Å². The normalized spacial score (nSPS) is 10.8. The first kappa shape index (κ1) is 19.4. The van der Waals surface area contributed by atoms with Crippen molar-refractivity contribution in [1.29, 1.82) is 0 Å². The molecule has 0 radical (unpaired) electrons. The standard InChI is InChI=1S/C18H21ClN2O3S/c1-12(2)8-9-21(17(22)13-6-4-5-7-14(13)19)10-16-20-15(11-25-16)18(23)24-3/h4-7,11-12H,8-10H2,1-3H3. The van der Waals surface area contributed by atoms with E-state index in [0.717, 1.165) is 6.42 Å². The van der Waals surface area contributed by atoms with E-state index in [1.54, 1.807) is 34.5 Å². The van der Waals surface area contributed by atoms with Crippen molar-refractivity contribution in [3.63, 3.8) is 0 Å². The molecule has 0 N–H and O–H groups in total. The van der Waals surface area contributed by atoms with Crippen molar-refractivity contribution in [2.45, 2.75) is 26.8 Å². The fourth-order valence-electron chi connectivity index (χ4n) is 2.22. The van der Waals surface area contributed by atoms with Crippen molar-refractivity contribution in [2.24, 2.45) is 5.92 Å². The molecule has 0 spiro atoms. The van der Waals surface area contributed by atoms with Crippen molar-refractivity contribution in [3.05, 3.63) is 50.9 Å². The average Bonchev–Trinajstić information content (AvgIpc) is 3.06. The lowest BCUT2D eigenvalue weighted by Crippen LogP contribution is -2.32. The lowest BCUT2D eigenvalue weighted by Gasteiger charge is -2.23. The molecule has 2 rings (SSSR count). The van der Waals surface area contributed by atoms with Gasteiger partial charge in [-0.1, -0.05) is 37.6 Å². The minimum atomic E-state index is -0.478. The van der Waals surface area contributed by atoms with E-state index in [1.807, 2.05) is 0 Å². The zero-order chi connectivity index (χ0) is 18.4. The summed E-state index contributed by atoms with van der Waals surface area (Å²) < 4.78 is 4.67. The van der Waals surface area contributed by atoms with E-state index >= 15 is 0 Å². The van der Waals surface area contributed by atoms with Gasteiger partial charge in [0, 0.05) is 11.9 Å². The van der Waals surface area contributed by atoms with Gasteiger partial charge >= 0.3 is 5.97 Å². The third kappa shape index (κ3) is 5.28. The topological polar surface area (TPSA) is 59.5 Å². The first-order chi connectivity index (χ1) is 11.9. The maximum Gasteiger partial charge on any atom is 0.357 e. The van der Waals surface area contributed by atoms with Crippen LogP contribution >= 0.6 is 22.9 Å². The lowest BCUT2D eigenvalue weighted by atomic mass is 10.1. The molecule has 0 unspecified atom stereocenters. The van der Waals surface area contributed by atoms with Gasteiger partial charge in [0.25, 0.3) is 5.91 Å². The largest absolute Gasteiger partial charge is 0.464 e. The minimum Gasteiger partial charge on any atom is -0.464 e. The Bertz CT molecular complexity index is 745. The summed E-state index contributed by atoms with van der Waals surface area (Å²) in [5.41, 5.74) is 0.731. The van der Waals surface area contributed by atoms with Crippen LogP contribution in [0.4, 0.5) is 0 Å². The monoisotopic (exact) mass is 380 g/mol. The Morgan fingerprint density at radius 3 is 2.68 bits per heavy atom. The lowest BCUT2D eigenvalue weighted by molar-refractivity contribution is 0.0594. The molecular weight excluding hydrogens is 360 g/mol. The number of aromatic nitrogens is 1. The summed E-state index contributed by atoms with van der Waals surface area (Å²) in [6, 6.07) is 7.00. The van der Waals surface area contributed by atoms with Crippen LogP contribution in [0.25, 0.3) is 0 Å². The van der Waals surface area contributed by atoms with Crippen molar-refractivity contribution >= 4 is 34.8 Å². The first-order valence-electron chi connectivity index (χ1n) is 7.99. The number of methoxy groups -OCH3 is 1. The highest BCUT2D eigenvalue weighted by molar-refractivity contribution is 7.09. The number of carbonyl (C=O) groups excluding carboxylic acids is 2. The number of hydrogen-bond acceptors (Lipinski definition) is 5. The van der Waals surface area contributed by atoms with Gasteiger partial charge in [-0.2, -0.15) is 0 Å². The van der Waals surface area contributed by atoms with Crippen LogP contribution in [0.3, 0.4) is 0 Å². The summed E-state index contributed by atoms with van der Waals surface area (Å²) >= 11 is 7.51. The highest BCUT2D eigenvalue weighted by Gasteiger charge is 2.21. The van der Waals surface area contributed by atoms with Gasteiger partial charge in [0.1, 0.15) is 5.01 Å². The van der Waals surface area contributed by atoms with Crippen LogP contribution in [0.5, 0.6) is 0 Å². The molecule has 2 aromatic rings. The Morgan fingerprint density at radius 1 is 1.32 bits per heavy atom. The Balaban J connectivity index is 2.20. The Labute approximate surface area is 156 Å². The average molecular weight is 381 g/mol. The van der Waals surface area contributed by atoms with Crippen LogP contribution in [-0.2, 0) is 11.3 Å². The summed E-state index contributed by atoms with van der Waals surface area (Å²) in [4.78, 5) is 30.4. The number of ether oxygens (including phenoxy) is 1. The molecule has 1 heterocycles. The fourth-order valence-corrected chi connectivity index (χ4v) is 3.21. The van der Waals surface area contributed by atoms with Crippen molar-refractivity contribution < 1.29 is 14.3 Å². The van der Waals surface area contributed by atoms with Crippen LogP contribution in [0.15, 0.2) is 29.6 Å². The van der Waals surface area contributed by atoms with Gasteiger partial charge in [0.15, 0.2) is 5.69 Å². The number of thiazole rings is 1. The minimum absolute atomic E-state index is 0.138. The summed E-state index contributed by atoms with van der Waals surface area (Å²) in [5.74, 6) is -0.154. The molecule has 0 aliphatic heterocycles. The number of halogens is 1. The molecule has 0 fully saturated rings. The van der Waals surface area contributed by atoms with Gasteiger partial charge in [-0.3, -0.25) is 4.79 Å². The Hall–Kier alpha value is -1.92. The van der Waals surface area contributed by atoms with E-state index in [0.29, 0.717) is 34.6 Å². The second-order valence-corrected chi connectivity index (χ2v) is 7.36. The highest BCUT2D eigenvalue weighted by atomic mass is 35.5. The number of nitrogens with zero attached hydrogens (tertiary/aromatic N) is 2. The zero-order valence-corrected chi connectivity index (χ0v) is 16.1. The van der Waals surface area contributed by atoms with Crippen LogP contribution < -0.4 is 0 Å². The Morgan fingerprint density at radius 2 is 2.04 bits per heavy atom. The smallest absolute Gasteiger partial charge is 0.357 e. The van der Waals surface area contributed by atoms with E-state index in [2.05, 4.69) is 23.6 Å². The second kappa shape index (κ2) is 8.97. The maximum absolute atomic E-state index is 12.9. The molecular formula is C18H21ClN2O3S. The SMILES string of the molecule is COC(=O)c1csc(CN(CCC(C)C)C(=O)c2ccccc2Cl)n1. The van der Waals surface area contributed by atoms with E-state index in [4.69, 9.17) is 11.6 Å². The molecule has 134 valence electrons. The van der Waals surface area contributed by atoms with Gasteiger partial charge < -0.3 is 9.64 Å². The number of rotatable bonds is 7. The van der Waals surface area contributed by atoms with Gasteiger partial charge in [-0.25, -0.2) is 9.78 Å². The van der Waals surface area contributed by atoms with Crippen LogP contribution in [0.2, 0.25) is 5.02 Å². The first-order valence-corrected chi connectivity index (χ1v) is 9.24. The molecule has 0 bridgehead atoms. The number of hydrogen-bond donors (Lipinski definition) is 0. The maximum atomic E-state index is 12.9. The van der Waals surface area contributed by atoms with Gasteiger partial charge in [0.2, 0.25) is 0 Å². The predicted molar refractivity (Wildman–Crippen MR) is 99.1 cm³/mol. The molecule has 1 aromatic heterocycles. The van der Waals surface area contributed by atoms with Gasteiger partial charge in [-0.15, -0.1) is 11.3 Å². The molecule has 0 saturated heterocycles. The van der Waals surface area contributed by atoms with Crippen molar-refractivity contribution in [1.82, 2.24) is 9.88 Å². The quantitative estimate of drug-likeness (QED) is 0.673. The summed E-state index contributed by atoms with van der Waals surface area (Å²) in [7, 11) is 1.32. The molecule has 7 heteroatoms. The van der Waals surface area contributed by atoms with E-state index in [-0.39, 0.29) is 11.6 Å². The van der Waals surface area contributed by atoms with Crippen LogP contribution in [0, 0.1) is 5.92 Å². The third-order valence-corrected chi connectivity index (χ3v) is 4.80. The van der Waals surface area contributed by atoms with Crippen LogP contribution in [-0.4, -0.2) is 35.4 Å². The Kier molecular flexibility index (Phi) is 6.96. The molecule has 0 aliphatic carbocycles. The molecule has 1 amide bonds. The molecule has 5 nitrogen and oxygen atoms in total. The van der Waals surface area contributed by atoms with Crippen molar-refractivity contribution in [2.75, 3.05) is 13.7 Å². The van der Waals surface area contributed by atoms with Gasteiger partial charge in [-0.05, 0) is 24.5 Å². The predicted octanol–water partition coefficient (Wildman–Crippen LogP) is 4.27. The summed E-state index contributed by atoms with van der Waals surface area (Å²) in [6.45, 7) is 5.14. The van der Waals surface area contributed by atoms with E-state index in [9.17, 15) is 9.59 Å². The molecule has 1 aromatic carbocycles. The number of esters is 1. The third-order valence-electron chi connectivity index (χ3n) is 3.64. The summed E-state index contributed by atoms with van der Waals surface area (Å²) in [5, 5.41) is 2.75. The highest BCUT2D eigenvalue weighted by Crippen LogP contribution is 2.20. The molecule has 0 aliphatic rings. The van der Waals surface area contributed by atoms with Gasteiger partial charge in [0.05, 0.1) is 24.2 Å². The number of benzene rings is 1. The fraction of sp³-hybridized carbons (Fsp3) is 0.389. The number of carbonyl (C=O) groups is 2. The summed E-state index contributed by atoms with van der Waals surface area (Å²) in [6.07, 6.45) is 0.866. The van der Waals surface area contributed by atoms with E-state index < -0.39 is 5.97 Å². The van der Waals surface area contributed by atoms with Crippen molar-refractivity contribution in [3.8, 4) is 0 Å². The zero-order valence-electron chi connectivity index (χ0n) is 14.5. The number of amides is 1. The molecule has 25 heavy (non-hydrogen) atoms.